The van der Waals surface area contributed by atoms with Crippen LogP contribution in [0.4, 0.5) is 0 Å². The second-order valence-electron chi connectivity index (χ2n) is 7.94. The molecule has 3 aliphatic rings. The first-order valence-corrected chi connectivity index (χ1v) is 9.78. The molecule has 0 spiro atoms. The number of rotatable bonds is 2. The van der Waals surface area contributed by atoms with Crippen LogP contribution in [0.1, 0.15) is 62.5 Å². The van der Waals surface area contributed by atoms with E-state index >= 15 is 0 Å². The van der Waals surface area contributed by atoms with Gasteiger partial charge >= 0.3 is 0 Å². The van der Waals surface area contributed by atoms with Crippen LogP contribution in [0.3, 0.4) is 0 Å². The molecule has 1 aromatic rings. The fourth-order valence-corrected chi connectivity index (χ4v) is 4.68. The number of aliphatic hydroxyl groups excluding tert-OH is 1. The number of nitrogens with two attached hydrogens (primary N) is 1. The Balaban J connectivity index is 1.37. The van der Waals surface area contributed by atoms with E-state index in [1.54, 1.807) is 0 Å². The van der Waals surface area contributed by atoms with E-state index in [1.165, 1.54) is 19.3 Å². The van der Waals surface area contributed by atoms with E-state index in [4.69, 9.17) is 5.73 Å². The maximum Gasteiger partial charge on any atom is 0.225 e. The van der Waals surface area contributed by atoms with Gasteiger partial charge in [-0.25, -0.2) is 0 Å². The zero-order valence-electron chi connectivity index (χ0n) is 14.8. The van der Waals surface area contributed by atoms with Crippen LogP contribution in [0.5, 0.6) is 0 Å². The minimum Gasteiger partial charge on any atom is -0.391 e. The van der Waals surface area contributed by atoms with Gasteiger partial charge in [-0.1, -0.05) is 6.42 Å². The molecule has 2 aliphatic heterocycles. The standard InChI is InChI=1S/C18H29N5O2/c19-14-10-13(11-15(14)24)18(25)22-8-5-12(6-9-22)17-21-20-16-4-2-1-3-7-23(16)17/h12-15,24H,1-11,19H2/t13-,14+,15+/m0/s1. The lowest BCUT2D eigenvalue weighted by Crippen LogP contribution is -2.41. The first kappa shape index (κ1) is 17.0. The molecule has 1 aliphatic carbocycles. The molecule has 0 bridgehead atoms. The molecule has 4 rings (SSSR count). The van der Waals surface area contributed by atoms with Crippen molar-refractivity contribution in [1.29, 1.82) is 0 Å². The zero-order valence-corrected chi connectivity index (χ0v) is 14.8. The van der Waals surface area contributed by atoms with Gasteiger partial charge < -0.3 is 20.3 Å². The summed E-state index contributed by atoms with van der Waals surface area (Å²) in [4.78, 5) is 14.7. The Morgan fingerprint density at radius 2 is 1.88 bits per heavy atom. The number of piperidine rings is 1. The van der Waals surface area contributed by atoms with Crippen LogP contribution in [-0.4, -0.2) is 55.9 Å². The monoisotopic (exact) mass is 347 g/mol. The lowest BCUT2D eigenvalue weighted by atomic mass is 9.94. The average Bonchev–Trinajstić information content (AvgIpc) is 3.09. The summed E-state index contributed by atoms with van der Waals surface area (Å²) in [6, 6.07) is -0.252. The summed E-state index contributed by atoms with van der Waals surface area (Å²) < 4.78 is 2.33. The summed E-state index contributed by atoms with van der Waals surface area (Å²) >= 11 is 0. The number of carbonyl (C=O) groups excluding carboxylic acids is 1. The molecule has 3 N–H and O–H groups in total. The molecule has 1 saturated heterocycles. The normalized spacial score (nSPS) is 31.0. The molecule has 0 unspecified atom stereocenters. The van der Waals surface area contributed by atoms with Gasteiger partial charge in [0.05, 0.1) is 6.10 Å². The Kier molecular flexibility index (Phi) is 4.78. The molecular weight excluding hydrogens is 318 g/mol. The van der Waals surface area contributed by atoms with Crippen molar-refractivity contribution in [2.24, 2.45) is 11.7 Å². The smallest absolute Gasteiger partial charge is 0.225 e. The van der Waals surface area contributed by atoms with Gasteiger partial charge in [0.1, 0.15) is 11.6 Å². The van der Waals surface area contributed by atoms with Crippen LogP contribution in [0.25, 0.3) is 0 Å². The number of fused-ring (bicyclic) bond motifs is 1. The lowest BCUT2D eigenvalue weighted by Gasteiger charge is -2.33. The Hall–Kier alpha value is -1.47. The Morgan fingerprint density at radius 3 is 2.60 bits per heavy atom. The molecule has 2 fully saturated rings. The van der Waals surface area contributed by atoms with Gasteiger partial charge in [0.2, 0.25) is 5.91 Å². The van der Waals surface area contributed by atoms with Crippen molar-refractivity contribution in [1.82, 2.24) is 19.7 Å². The SMILES string of the molecule is N[C@@H]1C[C@H](C(=O)N2CCC(c3nnc4n3CCCCC4)CC2)C[C@H]1O. The highest BCUT2D eigenvalue weighted by molar-refractivity contribution is 5.79. The topological polar surface area (TPSA) is 97.3 Å². The van der Waals surface area contributed by atoms with E-state index in [0.717, 1.165) is 50.5 Å². The summed E-state index contributed by atoms with van der Waals surface area (Å²) in [5.41, 5.74) is 5.86. The number of likely N-dealkylation sites (tertiary alicyclic amines) is 1. The summed E-state index contributed by atoms with van der Waals surface area (Å²) in [6.45, 7) is 2.58. The van der Waals surface area contributed by atoms with Crippen molar-refractivity contribution in [3.05, 3.63) is 11.6 Å². The van der Waals surface area contributed by atoms with E-state index in [9.17, 15) is 9.90 Å². The second-order valence-corrected chi connectivity index (χ2v) is 7.94. The highest BCUT2D eigenvalue weighted by atomic mass is 16.3. The largest absolute Gasteiger partial charge is 0.391 e. The Labute approximate surface area is 148 Å². The molecule has 7 heteroatoms. The maximum atomic E-state index is 12.7. The number of nitrogens with zero attached hydrogens (tertiary/aromatic N) is 4. The Morgan fingerprint density at radius 1 is 1.08 bits per heavy atom. The third kappa shape index (κ3) is 3.31. The lowest BCUT2D eigenvalue weighted by molar-refractivity contribution is -0.136. The second kappa shape index (κ2) is 7.03. The molecular formula is C18H29N5O2. The third-order valence-electron chi connectivity index (χ3n) is 6.24. The van der Waals surface area contributed by atoms with Gasteiger partial charge in [-0.2, -0.15) is 0 Å². The zero-order chi connectivity index (χ0) is 17.4. The minimum absolute atomic E-state index is 0.106. The number of hydrogen-bond donors (Lipinski definition) is 2. The van der Waals surface area contributed by atoms with Gasteiger partial charge in [-0.3, -0.25) is 4.79 Å². The van der Waals surface area contributed by atoms with Crippen molar-refractivity contribution < 1.29 is 9.90 Å². The first-order valence-electron chi connectivity index (χ1n) is 9.78. The predicted molar refractivity (Wildman–Crippen MR) is 92.8 cm³/mol. The van der Waals surface area contributed by atoms with Gasteiger partial charge in [-0.05, 0) is 38.5 Å². The molecule has 0 aromatic carbocycles. The number of amides is 1. The maximum absolute atomic E-state index is 12.7. The average molecular weight is 347 g/mol. The summed E-state index contributed by atoms with van der Waals surface area (Å²) in [5.74, 6) is 2.73. The van der Waals surface area contributed by atoms with Gasteiger partial charge in [-0.15, -0.1) is 10.2 Å². The summed E-state index contributed by atoms with van der Waals surface area (Å²) in [7, 11) is 0. The van der Waals surface area contributed by atoms with Crippen molar-refractivity contribution in [2.45, 2.75) is 76.0 Å². The molecule has 138 valence electrons. The number of aliphatic hydroxyl groups is 1. The van der Waals surface area contributed by atoms with E-state index in [-0.39, 0.29) is 17.9 Å². The van der Waals surface area contributed by atoms with Crippen molar-refractivity contribution in [3.8, 4) is 0 Å². The number of aryl methyl sites for hydroxylation is 1. The van der Waals surface area contributed by atoms with Gasteiger partial charge in [0.15, 0.2) is 0 Å². The fraction of sp³-hybridized carbons (Fsp3) is 0.833. The van der Waals surface area contributed by atoms with E-state index in [1.807, 2.05) is 4.90 Å². The first-order chi connectivity index (χ1) is 12.1. The van der Waals surface area contributed by atoms with Crippen LogP contribution < -0.4 is 5.73 Å². The highest BCUT2D eigenvalue weighted by Gasteiger charge is 2.38. The molecule has 1 saturated carbocycles. The van der Waals surface area contributed by atoms with Gasteiger partial charge in [0, 0.05) is 43.9 Å². The molecule has 25 heavy (non-hydrogen) atoms. The molecule has 7 nitrogen and oxygen atoms in total. The van der Waals surface area contributed by atoms with E-state index in [2.05, 4.69) is 14.8 Å². The molecule has 1 aromatic heterocycles. The summed E-state index contributed by atoms with van der Waals surface area (Å²) in [5, 5.41) is 18.7. The molecule has 3 heterocycles. The quantitative estimate of drug-likeness (QED) is 0.825. The molecule has 1 amide bonds. The fourth-order valence-electron chi connectivity index (χ4n) is 4.68. The highest BCUT2D eigenvalue weighted by Crippen LogP contribution is 2.32. The van der Waals surface area contributed by atoms with Crippen LogP contribution in [0, 0.1) is 5.92 Å². The van der Waals surface area contributed by atoms with Crippen LogP contribution in [0.15, 0.2) is 0 Å². The van der Waals surface area contributed by atoms with Crippen molar-refractivity contribution in [3.63, 3.8) is 0 Å². The van der Waals surface area contributed by atoms with Crippen LogP contribution >= 0.6 is 0 Å². The molecule has 0 radical (unpaired) electrons. The van der Waals surface area contributed by atoms with Crippen molar-refractivity contribution >= 4 is 5.91 Å². The van der Waals surface area contributed by atoms with Gasteiger partial charge in [0.25, 0.3) is 0 Å². The minimum atomic E-state index is -0.530. The molecule has 3 atom stereocenters. The number of hydrogen-bond acceptors (Lipinski definition) is 5. The third-order valence-corrected chi connectivity index (χ3v) is 6.24. The van der Waals surface area contributed by atoms with E-state index in [0.29, 0.717) is 18.8 Å². The predicted octanol–water partition coefficient (Wildman–Crippen LogP) is 0.809. The van der Waals surface area contributed by atoms with Crippen molar-refractivity contribution in [2.75, 3.05) is 13.1 Å². The number of carbonyl (C=O) groups is 1. The Bertz CT molecular complexity index is 613. The van der Waals surface area contributed by atoms with Crippen LogP contribution in [0.2, 0.25) is 0 Å². The van der Waals surface area contributed by atoms with E-state index < -0.39 is 6.10 Å². The van der Waals surface area contributed by atoms with Crippen LogP contribution in [-0.2, 0) is 17.8 Å². The summed E-state index contributed by atoms with van der Waals surface area (Å²) in [6.07, 6.45) is 7.21. The number of aromatic nitrogens is 3.